The molecular formula is C26H25FN4O5S. The molecule has 0 saturated carbocycles. The molecule has 0 aliphatic carbocycles. The van der Waals surface area contributed by atoms with Gasteiger partial charge >= 0.3 is 5.69 Å². The van der Waals surface area contributed by atoms with Gasteiger partial charge in [-0.1, -0.05) is 42.5 Å². The zero-order chi connectivity index (χ0) is 26.7. The number of nitrogens with two attached hydrogens (primary N) is 1. The van der Waals surface area contributed by atoms with Crippen LogP contribution in [0.4, 0.5) is 4.39 Å². The van der Waals surface area contributed by atoms with E-state index in [-0.39, 0.29) is 28.4 Å². The van der Waals surface area contributed by atoms with E-state index in [0.717, 1.165) is 27.1 Å². The third kappa shape index (κ3) is 5.52. The molecule has 0 bridgehead atoms. The lowest BCUT2D eigenvalue weighted by molar-refractivity contribution is 0.414. The number of halogens is 1. The lowest BCUT2D eigenvalue weighted by Gasteiger charge is -2.17. The molecule has 0 spiro atoms. The van der Waals surface area contributed by atoms with Crippen LogP contribution in [0, 0.1) is 5.82 Å². The smallest absolute Gasteiger partial charge is 0.352 e. The number of hydrogen-bond acceptors (Lipinski definition) is 7. The number of hydrogen-bond donors (Lipinski definition) is 1. The van der Waals surface area contributed by atoms with Crippen molar-refractivity contribution in [2.24, 2.45) is 5.73 Å². The average molecular weight is 525 g/mol. The predicted octanol–water partition coefficient (Wildman–Crippen LogP) is 2.24. The van der Waals surface area contributed by atoms with Crippen LogP contribution in [-0.2, 0) is 22.8 Å². The van der Waals surface area contributed by atoms with Crippen LogP contribution >= 0.6 is 0 Å². The number of ether oxygens (including phenoxy) is 1. The Morgan fingerprint density at radius 1 is 1.03 bits per heavy atom. The Kier molecular flexibility index (Phi) is 7.37. The third-order valence-electron chi connectivity index (χ3n) is 5.83. The van der Waals surface area contributed by atoms with Crippen molar-refractivity contribution >= 4 is 9.84 Å². The molecule has 37 heavy (non-hydrogen) atoms. The van der Waals surface area contributed by atoms with Crippen molar-refractivity contribution in [1.29, 1.82) is 0 Å². The topological polar surface area (TPSA) is 126 Å². The van der Waals surface area contributed by atoms with Gasteiger partial charge in [0.2, 0.25) is 0 Å². The minimum Gasteiger partial charge on any atom is -0.497 e. The van der Waals surface area contributed by atoms with Crippen molar-refractivity contribution in [1.82, 2.24) is 14.3 Å². The Balaban J connectivity index is 1.92. The van der Waals surface area contributed by atoms with Crippen molar-refractivity contribution in [2.75, 3.05) is 13.4 Å². The Hall–Kier alpha value is -4.09. The molecule has 2 N–H and O–H groups in total. The zero-order valence-corrected chi connectivity index (χ0v) is 21.0. The molecule has 3 aromatic carbocycles. The van der Waals surface area contributed by atoms with Crippen LogP contribution in [0.15, 0.2) is 87.3 Å². The Labute approximate surface area is 212 Å². The monoisotopic (exact) mass is 524 g/mol. The number of methoxy groups -OCH3 is 1. The van der Waals surface area contributed by atoms with Crippen LogP contribution in [-0.4, -0.2) is 36.1 Å². The first-order chi connectivity index (χ1) is 17.6. The minimum atomic E-state index is -3.82. The third-order valence-corrected chi connectivity index (χ3v) is 7.01. The molecule has 9 nitrogen and oxygen atoms in total. The van der Waals surface area contributed by atoms with Gasteiger partial charge in [-0.25, -0.2) is 26.9 Å². The standard InChI is InChI=1S/C26H25FN4O5S/c1-36-19-11-6-10-18(14-19)31-25(32)23(15-20-21(27)12-7-13-24(20)37(2,34)35)29-30(26(31)33)16-22(28)17-8-4-3-5-9-17/h3-14,22H,15-16,28H2,1-2H3. The largest absolute Gasteiger partial charge is 0.497 e. The molecular weight excluding hydrogens is 499 g/mol. The lowest BCUT2D eigenvalue weighted by Crippen LogP contribution is -2.44. The van der Waals surface area contributed by atoms with Crippen LogP contribution in [0.5, 0.6) is 5.75 Å². The molecule has 0 radical (unpaired) electrons. The molecule has 4 aromatic rings. The van der Waals surface area contributed by atoms with E-state index in [1.165, 1.54) is 25.3 Å². The van der Waals surface area contributed by atoms with E-state index < -0.39 is 39.4 Å². The van der Waals surface area contributed by atoms with Crippen molar-refractivity contribution in [3.8, 4) is 11.4 Å². The molecule has 0 aliphatic heterocycles. The van der Waals surface area contributed by atoms with Crippen molar-refractivity contribution in [3.63, 3.8) is 0 Å². The lowest BCUT2D eigenvalue weighted by atomic mass is 10.1. The Morgan fingerprint density at radius 2 is 1.73 bits per heavy atom. The summed E-state index contributed by atoms with van der Waals surface area (Å²) in [6, 6.07) is 18.3. The summed E-state index contributed by atoms with van der Waals surface area (Å²) in [5.74, 6) is -0.404. The van der Waals surface area contributed by atoms with Crippen molar-refractivity contribution < 1.29 is 17.5 Å². The van der Waals surface area contributed by atoms with Gasteiger partial charge < -0.3 is 10.5 Å². The van der Waals surface area contributed by atoms with E-state index in [0.29, 0.717) is 5.75 Å². The Bertz CT molecular complexity index is 1670. The molecule has 11 heteroatoms. The maximum Gasteiger partial charge on any atom is 0.352 e. The molecule has 1 atom stereocenters. The van der Waals surface area contributed by atoms with E-state index >= 15 is 0 Å². The summed E-state index contributed by atoms with van der Waals surface area (Å²) in [5.41, 5.74) is 5.26. The molecule has 4 rings (SSSR count). The number of sulfone groups is 1. The van der Waals surface area contributed by atoms with Gasteiger partial charge in [-0.3, -0.25) is 4.79 Å². The number of nitrogens with zero attached hydrogens (tertiary/aromatic N) is 3. The first kappa shape index (κ1) is 26.0. The highest BCUT2D eigenvalue weighted by Crippen LogP contribution is 2.21. The maximum atomic E-state index is 14.8. The molecule has 0 saturated heterocycles. The fraction of sp³-hybridized carbons (Fsp3) is 0.192. The normalized spacial score (nSPS) is 12.3. The number of aromatic nitrogens is 3. The predicted molar refractivity (Wildman–Crippen MR) is 136 cm³/mol. The summed E-state index contributed by atoms with van der Waals surface area (Å²) in [7, 11) is -2.37. The van der Waals surface area contributed by atoms with Gasteiger partial charge in [-0.15, -0.1) is 0 Å². The first-order valence-electron chi connectivity index (χ1n) is 11.3. The molecule has 192 valence electrons. The number of rotatable bonds is 8. The molecule has 0 amide bonds. The summed E-state index contributed by atoms with van der Waals surface area (Å²) in [6.45, 7) is -0.0870. The molecule has 1 unspecified atom stereocenters. The van der Waals surface area contributed by atoms with E-state index in [2.05, 4.69) is 5.10 Å². The SMILES string of the molecule is COc1cccc(-n2c(=O)c(Cc3c(F)cccc3S(C)(=O)=O)nn(CC(N)c3ccccc3)c2=O)c1. The highest BCUT2D eigenvalue weighted by Gasteiger charge is 2.22. The molecule has 0 aliphatic rings. The molecule has 0 fully saturated rings. The van der Waals surface area contributed by atoms with Crippen molar-refractivity contribution in [2.45, 2.75) is 23.9 Å². The summed E-state index contributed by atoms with van der Waals surface area (Å²) in [6.07, 6.45) is 0.492. The fourth-order valence-electron chi connectivity index (χ4n) is 3.99. The minimum absolute atomic E-state index is 0.0870. The molecule has 1 aromatic heterocycles. The van der Waals surface area contributed by atoms with Gasteiger partial charge in [-0.05, 0) is 29.8 Å². The van der Waals surface area contributed by atoms with E-state index in [1.807, 2.05) is 6.07 Å². The van der Waals surface area contributed by atoms with E-state index in [9.17, 15) is 22.4 Å². The molecule has 1 heterocycles. The van der Waals surface area contributed by atoms with E-state index in [4.69, 9.17) is 10.5 Å². The van der Waals surface area contributed by atoms with Gasteiger partial charge in [0.15, 0.2) is 9.84 Å². The van der Waals surface area contributed by atoms with Crippen LogP contribution in [0.3, 0.4) is 0 Å². The summed E-state index contributed by atoms with van der Waals surface area (Å²) >= 11 is 0. The second-order valence-corrected chi connectivity index (χ2v) is 10.4. The van der Waals surface area contributed by atoms with E-state index in [1.54, 1.807) is 42.5 Å². The quantitative estimate of drug-likeness (QED) is 0.375. The first-order valence-corrected chi connectivity index (χ1v) is 13.1. The second-order valence-electron chi connectivity index (χ2n) is 8.44. The highest BCUT2D eigenvalue weighted by atomic mass is 32.2. The van der Waals surface area contributed by atoms with Crippen LogP contribution in [0.25, 0.3) is 5.69 Å². The average Bonchev–Trinajstić information content (AvgIpc) is 2.88. The summed E-state index contributed by atoms with van der Waals surface area (Å²) in [4.78, 5) is 26.7. The van der Waals surface area contributed by atoms with Crippen LogP contribution in [0.2, 0.25) is 0 Å². The van der Waals surface area contributed by atoms with Gasteiger partial charge in [-0.2, -0.15) is 5.10 Å². The maximum absolute atomic E-state index is 14.8. The van der Waals surface area contributed by atoms with Crippen LogP contribution in [0.1, 0.15) is 22.9 Å². The van der Waals surface area contributed by atoms with Gasteiger partial charge in [0.1, 0.15) is 17.3 Å². The zero-order valence-electron chi connectivity index (χ0n) is 20.2. The van der Waals surface area contributed by atoms with Gasteiger partial charge in [0, 0.05) is 30.3 Å². The Morgan fingerprint density at radius 3 is 2.41 bits per heavy atom. The van der Waals surface area contributed by atoms with Crippen molar-refractivity contribution in [3.05, 3.63) is 116 Å². The summed E-state index contributed by atoms with van der Waals surface area (Å²) < 4.78 is 46.6. The van der Waals surface area contributed by atoms with Crippen LogP contribution < -0.4 is 21.7 Å². The number of benzene rings is 3. The van der Waals surface area contributed by atoms with Gasteiger partial charge in [0.25, 0.3) is 5.56 Å². The van der Waals surface area contributed by atoms with Gasteiger partial charge in [0.05, 0.1) is 24.2 Å². The highest BCUT2D eigenvalue weighted by molar-refractivity contribution is 7.90. The fourth-order valence-corrected chi connectivity index (χ4v) is 4.93. The summed E-state index contributed by atoms with van der Waals surface area (Å²) in [5, 5.41) is 4.22. The second kappa shape index (κ2) is 10.5.